The van der Waals surface area contributed by atoms with Crippen molar-refractivity contribution in [3.05, 3.63) is 35.0 Å². The summed E-state index contributed by atoms with van der Waals surface area (Å²) in [5, 5.41) is 4.13. The van der Waals surface area contributed by atoms with Gasteiger partial charge in [-0.05, 0) is 50.1 Å². The van der Waals surface area contributed by atoms with Crippen molar-refractivity contribution in [1.82, 2.24) is 15.2 Å². The molecule has 0 aliphatic carbocycles. The number of aromatic amines is 1. The summed E-state index contributed by atoms with van der Waals surface area (Å²) in [5.74, 6) is 0.288. The van der Waals surface area contributed by atoms with E-state index < -0.39 is 9.84 Å². The van der Waals surface area contributed by atoms with E-state index in [0.29, 0.717) is 13.0 Å². The van der Waals surface area contributed by atoms with E-state index in [-0.39, 0.29) is 30.0 Å². The molecular weight excluding hydrogens is 350 g/mol. The number of likely N-dealkylation sites (N-methyl/N-ethyl adjacent to an activating group) is 1. The SMILES string of the molecule is CCc1[nH]c2ccc(CNC(=O)CN(C)[C@@H]3CCS(=O)(=O)C3)cc2c1C. The first kappa shape index (κ1) is 18.9. The lowest BCUT2D eigenvalue weighted by Gasteiger charge is -2.22. The Morgan fingerprint density at radius 3 is 2.81 bits per heavy atom. The molecule has 1 aromatic carbocycles. The number of H-pyrrole nitrogens is 1. The van der Waals surface area contributed by atoms with E-state index in [1.54, 1.807) is 0 Å². The average molecular weight is 378 g/mol. The van der Waals surface area contributed by atoms with Crippen LogP contribution in [0.5, 0.6) is 0 Å². The first-order valence-corrected chi connectivity index (χ1v) is 10.9. The normalized spacial score (nSPS) is 19.3. The van der Waals surface area contributed by atoms with Crippen LogP contribution in [0.15, 0.2) is 18.2 Å². The topological polar surface area (TPSA) is 82.3 Å². The van der Waals surface area contributed by atoms with E-state index in [1.165, 1.54) is 16.6 Å². The van der Waals surface area contributed by atoms with Crippen molar-refractivity contribution < 1.29 is 13.2 Å². The van der Waals surface area contributed by atoms with Crippen LogP contribution in [-0.4, -0.2) is 55.3 Å². The summed E-state index contributed by atoms with van der Waals surface area (Å²) in [7, 11) is -1.12. The molecular formula is C19H27N3O3S. The van der Waals surface area contributed by atoms with Crippen molar-refractivity contribution in [2.45, 2.75) is 39.3 Å². The molecule has 7 heteroatoms. The Hall–Kier alpha value is -1.86. The minimum absolute atomic E-state index is 0.0583. The predicted molar refractivity (Wildman–Crippen MR) is 104 cm³/mol. The van der Waals surface area contributed by atoms with Gasteiger partial charge in [0.25, 0.3) is 0 Å². The van der Waals surface area contributed by atoms with Gasteiger partial charge in [-0.1, -0.05) is 13.0 Å². The van der Waals surface area contributed by atoms with Gasteiger partial charge in [0.05, 0.1) is 18.1 Å². The van der Waals surface area contributed by atoms with Gasteiger partial charge in [0.15, 0.2) is 9.84 Å². The van der Waals surface area contributed by atoms with Gasteiger partial charge in [0.2, 0.25) is 5.91 Å². The molecule has 2 aromatic rings. The van der Waals surface area contributed by atoms with Gasteiger partial charge in [0.1, 0.15) is 0 Å². The minimum Gasteiger partial charge on any atom is -0.358 e. The van der Waals surface area contributed by atoms with Crippen LogP contribution in [0, 0.1) is 6.92 Å². The molecule has 1 atom stereocenters. The zero-order chi connectivity index (χ0) is 18.9. The summed E-state index contributed by atoms with van der Waals surface area (Å²) >= 11 is 0. The molecule has 2 N–H and O–H groups in total. The largest absolute Gasteiger partial charge is 0.358 e. The fraction of sp³-hybridized carbons (Fsp3) is 0.526. The summed E-state index contributed by atoms with van der Waals surface area (Å²) in [4.78, 5) is 17.5. The summed E-state index contributed by atoms with van der Waals surface area (Å²) in [6.45, 7) is 4.93. The number of amides is 1. The number of aryl methyl sites for hydroxylation is 2. The third-order valence-corrected chi connectivity index (χ3v) is 7.04. The first-order valence-electron chi connectivity index (χ1n) is 9.06. The maximum Gasteiger partial charge on any atom is 0.234 e. The second-order valence-corrected chi connectivity index (χ2v) is 9.44. The fourth-order valence-electron chi connectivity index (χ4n) is 3.63. The highest BCUT2D eigenvalue weighted by molar-refractivity contribution is 7.91. The molecule has 2 heterocycles. The molecule has 1 aromatic heterocycles. The molecule has 1 fully saturated rings. The minimum atomic E-state index is -2.93. The number of sulfone groups is 1. The number of aromatic nitrogens is 1. The van der Waals surface area contributed by atoms with Crippen molar-refractivity contribution in [1.29, 1.82) is 0 Å². The van der Waals surface area contributed by atoms with Gasteiger partial charge in [-0.15, -0.1) is 0 Å². The van der Waals surface area contributed by atoms with Crippen molar-refractivity contribution in [2.24, 2.45) is 0 Å². The number of carbonyl (C=O) groups is 1. The molecule has 0 saturated carbocycles. The van der Waals surface area contributed by atoms with Crippen molar-refractivity contribution in [3.63, 3.8) is 0 Å². The molecule has 6 nitrogen and oxygen atoms in total. The van der Waals surface area contributed by atoms with Crippen LogP contribution in [-0.2, 0) is 27.6 Å². The number of nitrogens with zero attached hydrogens (tertiary/aromatic N) is 1. The fourth-order valence-corrected chi connectivity index (χ4v) is 5.43. The number of fused-ring (bicyclic) bond motifs is 1. The number of carbonyl (C=O) groups excluding carboxylic acids is 1. The maximum absolute atomic E-state index is 12.2. The molecule has 0 radical (unpaired) electrons. The third kappa shape index (κ3) is 4.10. The Bertz CT molecular complexity index is 917. The number of benzene rings is 1. The monoisotopic (exact) mass is 377 g/mol. The Morgan fingerprint density at radius 1 is 1.38 bits per heavy atom. The summed E-state index contributed by atoms with van der Waals surface area (Å²) in [5.41, 5.74) is 4.69. The highest BCUT2D eigenvalue weighted by Crippen LogP contribution is 2.23. The molecule has 0 unspecified atom stereocenters. The standard InChI is InChI=1S/C19H27N3O3S/c1-4-17-13(2)16-9-14(5-6-18(16)21-17)10-20-19(23)11-22(3)15-7-8-26(24,25)12-15/h5-6,9,15,21H,4,7-8,10-12H2,1-3H3,(H,20,23)/t15-/m1/s1. The van der Waals surface area contributed by atoms with E-state index in [9.17, 15) is 13.2 Å². The molecule has 1 aliphatic rings. The summed E-state index contributed by atoms with van der Waals surface area (Å²) < 4.78 is 23.1. The Labute approximate surface area is 154 Å². The lowest BCUT2D eigenvalue weighted by Crippen LogP contribution is -2.41. The van der Waals surface area contributed by atoms with Crippen molar-refractivity contribution in [3.8, 4) is 0 Å². The molecule has 1 saturated heterocycles. The number of nitrogens with one attached hydrogen (secondary N) is 2. The number of rotatable bonds is 6. The van der Waals surface area contributed by atoms with E-state index >= 15 is 0 Å². The van der Waals surface area contributed by atoms with Gasteiger partial charge in [0, 0.05) is 29.2 Å². The highest BCUT2D eigenvalue weighted by Gasteiger charge is 2.31. The van der Waals surface area contributed by atoms with Crippen LogP contribution < -0.4 is 5.32 Å². The average Bonchev–Trinajstić information content (AvgIpc) is 3.12. The molecule has 3 rings (SSSR count). The quantitative estimate of drug-likeness (QED) is 0.804. The zero-order valence-electron chi connectivity index (χ0n) is 15.6. The number of hydrogen-bond acceptors (Lipinski definition) is 4. The summed E-state index contributed by atoms with van der Waals surface area (Å²) in [6, 6.07) is 6.13. The molecule has 142 valence electrons. The first-order chi connectivity index (χ1) is 12.3. The molecule has 26 heavy (non-hydrogen) atoms. The van der Waals surface area contributed by atoms with E-state index in [0.717, 1.165) is 17.5 Å². The van der Waals surface area contributed by atoms with Gasteiger partial charge in [-0.2, -0.15) is 0 Å². The summed E-state index contributed by atoms with van der Waals surface area (Å²) in [6.07, 6.45) is 1.57. The molecule has 1 amide bonds. The van der Waals surface area contributed by atoms with Crippen LogP contribution in [0.1, 0.15) is 30.2 Å². The van der Waals surface area contributed by atoms with Crippen molar-refractivity contribution >= 4 is 26.6 Å². The van der Waals surface area contributed by atoms with Crippen LogP contribution in [0.3, 0.4) is 0 Å². The Kier molecular flexibility index (Phi) is 5.39. The van der Waals surface area contributed by atoms with Crippen LogP contribution in [0.25, 0.3) is 10.9 Å². The Morgan fingerprint density at radius 2 is 2.15 bits per heavy atom. The molecule has 0 spiro atoms. The van der Waals surface area contributed by atoms with Crippen LogP contribution in [0.4, 0.5) is 0 Å². The maximum atomic E-state index is 12.2. The second-order valence-electron chi connectivity index (χ2n) is 7.21. The van der Waals surface area contributed by atoms with Gasteiger partial charge >= 0.3 is 0 Å². The Balaban J connectivity index is 1.57. The lowest BCUT2D eigenvalue weighted by atomic mass is 10.1. The van der Waals surface area contributed by atoms with Gasteiger partial charge < -0.3 is 10.3 Å². The van der Waals surface area contributed by atoms with Gasteiger partial charge in [-0.3, -0.25) is 9.69 Å². The lowest BCUT2D eigenvalue weighted by molar-refractivity contribution is -0.122. The van der Waals surface area contributed by atoms with Crippen LogP contribution in [0.2, 0.25) is 0 Å². The second kappa shape index (κ2) is 7.40. The highest BCUT2D eigenvalue weighted by atomic mass is 32.2. The molecule has 1 aliphatic heterocycles. The zero-order valence-corrected chi connectivity index (χ0v) is 16.4. The number of hydrogen-bond donors (Lipinski definition) is 2. The molecule has 0 bridgehead atoms. The van der Waals surface area contributed by atoms with E-state index in [2.05, 4.69) is 36.3 Å². The van der Waals surface area contributed by atoms with E-state index in [1.807, 2.05) is 18.0 Å². The third-order valence-electron chi connectivity index (χ3n) is 5.29. The van der Waals surface area contributed by atoms with Crippen LogP contribution >= 0.6 is 0 Å². The predicted octanol–water partition coefficient (Wildman–Crippen LogP) is 1.77. The van der Waals surface area contributed by atoms with Crippen molar-refractivity contribution in [2.75, 3.05) is 25.1 Å². The smallest absolute Gasteiger partial charge is 0.234 e. The van der Waals surface area contributed by atoms with E-state index in [4.69, 9.17) is 0 Å². The van der Waals surface area contributed by atoms with Gasteiger partial charge in [-0.25, -0.2) is 8.42 Å².